The summed E-state index contributed by atoms with van der Waals surface area (Å²) >= 11 is 0. The molecule has 0 atom stereocenters. The van der Waals surface area contributed by atoms with Crippen LogP contribution in [-0.4, -0.2) is 73.0 Å². The van der Waals surface area contributed by atoms with Crippen LogP contribution in [0.1, 0.15) is 27.2 Å². The minimum Gasteiger partial charge on any atom is -0.461 e. The zero-order valence-corrected chi connectivity index (χ0v) is 19.8. The summed E-state index contributed by atoms with van der Waals surface area (Å²) in [6.45, 7) is 17.1. The third-order valence-electron chi connectivity index (χ3n) is 4.28. The Morgan fingerprint density at radius 1 is 1.19 bits per heavy atom. The molecular formula is C18H38N2O4Si2. The van der Waals surface area contributed by atoms with Crippen LogP contribution in [0.15, 0.2) is 12.2 Å². The van der Waals surface area contributed by atoms with E-state index in [-0.39, 0.29) is 27.5 Å². The minimum absolute atomic E-state index is 0.0433. The van der Waals surface area contributed by atoms with Gasteiger partial charge >= 0.3 is 5.97 Å². The van der Waals surface area contributed by atoms with Gasteiger partial charge in [0.2, 0.25) is 5.91 Å². The third kappa shape index (κ3) is 13.3. The summed E-state index contributed by atoms with van der Waals surface area (Å²) < 4.78 is 10.5. The van der Waals surface area contributed by atoms with E-state index in [1.807, 2.05) is 4.90 Å². The Bertz CT molecular complexity index is 445. The fraction of sp³-hybridized carbons (Fsp3) is 0.778. The molecule has 0 bridgehead atoms. The molecule has 152 valence electrons. The van der Waals surface area contributed by atoms with Gasteiger partial charge < -0.3 is 14.4 Å². The molecule has 0 aliphatic rings. The Kier molecular flexibility index (Phi) is 13.6. The SMILES string of the molecule is C=C(C)C(=O)OCCNCOCCN(CC[Si](C)(C)[SiH2]CCC)C(C)=O. The number of esters is 1. The molecule has 8 heteroatoms. The molecule has 0 rings (SSSR count). The lowest BCUT2D eigenvalue weighted by atomic mass is 10.4. The third-order valence-corrected chi connectivity index (χ3v) is 14.5. The molecule has 1 amide bonds. The van der Waals surface area contributed by atoms with Crippen LogP contribution in [0.25, 0.3) is 0 Å². The summed E-state index contributed by atoms with van der Waals surface area (Å²) in [5, 5.41) is 3.04. The maximum Gasteiger partial charge on any atom is 0.333 e. The van der Waals surface area contributed by atoms with Gasteiger partial charge in [0, 0.05) is 48.8 Å². The summed E-state index contributed by atoms with van der Waals surface area (Å²) in [6, 6.07) is 2.63. The fourth-order valence-electron chi connectivity index (χ4n) is 2.37. The smallest absolute Gasteiger partial charge is 0.333 e. The molecule has 26 heavy (non-hydrogen) atoms. The van der Waals surface area contributed by atoms with Gasteiger partial charge in [-0.1, -0.05) is 39.1 Å². The molecular weight excluding hydrogens is 364 g/mol. The lowest BCUT2D eigenvalue weighted by Crippen LogP contribution is -2.41. The van der Waals surface area contributed by atoms with Gasteiger partial charge in [-0.2, -0.15) is 0 Å². The van der Waals surface area contributed by atoms with Crippen LogP contribution in [0.2, 0.25) is 25.2 Å². The Morgan fingerprint density at radius 2 is 1.88 bits per heavy atom. The van der Waals surface area contributed by atoms with E-state index in [9.17, 15) is 9.59 Å². The van der Waals surface area contributed by atoms with Crippen molar-refractivity contribution in [1.82, 2.24) is 10.2 Å². The molecule has 0 unspecified atom stereocenters. The van der Waals surface area contributed by atoms with Gasteiger partial charge in [-0.25, -0.2) is 4.79 Å². The highest BCUT2D eigenvalue weighted by Gasteiger charge is 2.22. The van der Waals surface area contributed by atoms with E-state index in [1.54, 1.807) is 13.8 Å². The number of nitrogens with zero attached hydrogens (tertiary/aromatic N) is 1. The molecule has 0 aromatic heterocycles. The van der Waals surface area contributed by atoms with Crippen molar-refractivity contribution in [3.05, 3.63) is 12.2 Å². The van der Waals surface area contributed by atoms with Crippen LogP contribution >= 0.6 is 0 Å². The number of hydrogen-bond donors (Lipinski definition) is 1. The van der Waals surface area contributed by atoms with Crippen LogP contribution in [0, 0.1) is 0 Å². The van der Waals surface area contributed by atoms with Crippen molar-refractivity contribution < 1.29 is 19.1 Å². The largest absolute Gasteiger partial charge is 0.461 e. The average Bonchev–Trinajstić information content (AvgIpc) is 2.57. The van der Waals surface area contributed by atoms with E-state index in [2.05, 4.69) is 31.9 Å². The molecule has 0 spiro atoms. The van der Waals surface area contributed by atoms with Gasteiger partial charge in [0.05, 0.1) is 13.3 Å². The lowest BCUT2D eigenvalue weighted by Gasteiger charge is -2.27. The summed E-state index contributed by atoms with van der Waals surface area (Å²) in [5.74, 6) is -0.256. The molecule has 0 aromatic carbocycles. The van der Waals surface area contributed by atoms with Crippen molar-refractivity contribution in [2.24, 2.45) is 0 Å². The van der Waals surface area contributed by atoms with Crippen LogP contribution in [0.5, 0.6) is 0 Å². The van der Waals surface area contributed by atoms with E-state index in [1.165, 1.54) is 18.5 Å². The lowest BCUT2D eigenvalue weighted by molar-refractivity contribution is -0.138. The quantitative estimate of drug-likeness (QED) is 0.148. The maximum absolute atomic E-state index is 11.8. The van der Waals surface area contributed by atoms with Crippen LogP contribution in [0.4, 0.5) is 0 Å². The molecule has 0 radical (unpaired) electrons. The molecule has 0 aliphatic carbocycles. The normalized spacial score (nSPS) is 11.7. The number of ether oxygens (including phenoxy) is 2. The van der Waals surface area contributed by atoms with Crippen LogP contribution in [-0.2, 0) is 19.1 Å². The molecule has 0 fully saturated rings. The summed E-state index contributed by atoms with van der Waals surface area (Å²) in [4.78, 5) is 24.9. The zero-order valence-electron chi connectivity index (χ0n) is 17.4. The first-order chi connectivity index (χ1) is 12.2. The Balaban J connectivity index is 3.86. The molecule has 0 heterocycles. The van der Waals surface area contributed by atoms with Gasteiger partial charge in [-0.3, -0.25) is 10.1 Å². The van der Waals surface area contributed by atoms with Crippen molar-refractivity contribution in [2.45, 2.75) is 52.4 Å². The van der Waals surface area contributed by atoms with E-state index < -0.39 is 7.59 Å². The van der Waals surface area contributed by atoms with Gasteiger partial charge in [0.1, 0.15) is 6.61 Å². The van der Waals surface area contributed by atoms with E-state index >= 15 is 0 Å². The number of nitrogens with one attached hydrogen (secondary N) is 1. The van der Waals surface area contributed by atoms with Gasteiger partial charge in [0.15, 0.2) is 0 Å². The van der Waals surface area contributed by atoms with Gasteiger partial charge in [-0.15, -0.1) is 0 Å². The highest BCUT2D eigenvalue weighted by atomic mass is 29.2. The topological polar surface area (TPSA) is 67.9 Å². The second-order valence-electron chi connectivity index (χ2n) is 7.49. The van der Waals surface area contributed by atoms with Crippen molar-refractivity contribution >= 4 is 28.5 Å². The Hall–Kier alpha value is -0.966. The predicted molar refractivity (Wildman–Crippen MR) is 113 cm³/mol. The first-order valence-electron chi connectivity index (χ1n) is 9.56. The zero-order chi connectivity index (χ0) is 20.0. The first kappa shape index (κ1) is 25.0. The number of carbonyl (C=O) groups excluding carboxylic acids is 2. The van der Waals surface area contributed by atoms with Crippen LogP contribution < -0.4 is 5.32 Å². The molecule has 0 aliphatic heterocycles. The molecule has 6 nitrogen and oxygen atoms in total. The standard InChI is InChI=1S/C18H38N2O4Si2/c1-7-13-25-26(5,6)14-10-20(17(4)21)9-12-23-15-19-8-11-24-18(22)16(2)3/h19H,2,7-15,25H2,1,3-6H3. The molecule has 0 aromatic rings. The number of rotatable bonds is 15. The maximum atomic E-state index is 11.8. The number of hydrogen-bond acceptors (Lipinski definition) is 5. The summed E-state index contributed by atoms with van der Waals surface area (Å²) in [6.07, 6.45) is 1.30. The van der Waals surface area contributed by atoms with Crippen molar-refractivity contribution in [2.75, 3.05) is 39.6 Å². The molecule has 0 saturated heterocycles. The highest BCUT2D eigenvalue weighted by molar-refractivity contribution is 7.23. The van der Waals surface area contributed by atoms with Crippen molar-refractivity contribution in [3.63, 3.8) is 0 Å². The monoisotopic (exact) mass is 402 g/mol. The van der Waals surface area contributed by atoms with Crippen molar-refractivity contribution in [3.8, 4) is 0 Å². The Morgan fingerprint density at radius 3 is 2.46 bits per heavy atom. The Labute approximate surface area is 162 Å². The predicted octanol–water partition coefficient (Wildman–Crippen LogP) is 1.72. The first-order valence-corrected chi connectivity index (χ1v) is 16.1. The second kappa shape index (κ2) is 14.1. The highest BCUT2D eigenvalue weighted by Crippen LogP contribution is 2.11. The summed E-state index contributed by atoms with van der Waals surface area (Å²) in [5.41, 5.74) is 0.397. The fourth-order valence-corrected chi connectivity index (χ4v) is 9.97. The van der Waals surface area contributed by atoms with Gasteiger partial charge in [-0.05, 0) is 13.0 Å². The van der Waals surface area contributed by atoms with E-state index in [4.69, 9.17) is 9.47 Å². The minimum atomic E-state index is -1.08. The van der Waals surface area contributed by atoms with Gasteiger partial charge in [0.25, 0.3) is 0 Å². The molecule has 0 saturated carbocycles. The number of carbonyl (C=O) groups is 2. The van der Waals surface area contributed by atoms with Crippen LogP contribution in [0.3, 0.4) is 0 Å². The van der Waals surface area contributed by atoms with E-state index in [0.717, 1.165) is 6.54 Å². The molecule has 1 N–H and O–H groups in total. The average molecular weight is 403 g/mol. The second-order valence-corrected chi connectivity index (χ2v) is 20.8. The van der Waals surface area contributed by atoms with Crippen molar-refractivity contribution in [1.29, 1.82) is 0 Å². The summed E-state index contributed by atoms with van der Waals surface area (Å²) in [7, 11) is -1.03. The van der Waals surface area contributed by atoms with E-state index in [0.29, 0.717) is 32.0 Å². The number of amides is 1.